The van der Waals surface area contributed by atoms with Gasteiger partial charge in [-0.3, -0.25) is 42.3 Å². The van der Waals surface area contributed by atoms with Crippen LogP contribution < -0.4 is 27.0 Å². The van der Waals surface area contributed by atoms with Crippen LogP contribution in [0.3, 0.4) is 0 Å². The number of phosphoric ester groups is 3. The number of nitrogens with two attached hydrogens (primary N) is 1. The highest BCUT2D eigenvalue weighted by atomic mass is 31.2. The summed E-state index contributed by atoms with van der Waals surface area (Å²) in [6, 6.07) is -10.3. The van der Waals surface area contributed by atoms with E-state index in [0.29, 0.717) is 0 Å². The summed E-state index contributed by atoms with van der Waals surface area (Å²) >= 11 is 0. The number of phosphoric acid groups is 3. The van der Waals surface area contributed by atoms with Gasteiger partial charge in [0.2, 0.25) is 23.6 Å². The van der Waals surface area contributed by atoms with Gasteiger partial charge < -0.3 is 71.7 Å². The van der Waals surface area contributed by atoms with E-state index in [1.54, 1.807) is 10.6 Å². The lowest BCUT2D eigenvalue weighted by Gasteiger charge is -2.26. The average molecular weight is 777 g/mol. The molecule has 0 fully saturated rings. The normalized spacial score (nSPS) is 15.1. The lowest BCUT2D eigenvalue weighted by atomic mass is 10.1. The van der Waals surface area contributed by atoms with Crippen LogP contribution >= 0.6 is 23.5 Å². The summed E-state index contributed by atoms with van der Waals surface area (Å²) in [5.74, 6) is -10.8. The van der Waals surface area contributed by atoms with Crippen molar-refractivity contribution in [1.82, 2.24) is 21.3 Å². The van der Waals surface area contributed by atoms with E-state index in [2.05, 4.69) is 13.6 Å². The van der Waals surface area contributed by atoms with Crippen LogP contribution in [0, 0.1) is 0 Å². The van der Waals surface area contributed by atoms with Gasteiger partial charge in [0.15, 0.2) is 0 Å². The maximum atomic E-state index is 13.1. The Morgan fingerprint density at radius 2 is 0.816 bits per heavy atom. The smallest absolute Gasteiger partial charge is 0.469 e. The number of aliphatic carboxylic acids is 3. The zero-order valence-corrected chi connectivity index (χ0v) is 27.3. The van der Waals surface area contributed by atoms with Gasteiger partial charge in [0.25, 0.3) is 0 Å². The summed E-state index contributed by atoms with van der Waals surface area (Å²) in [5, 5.41) is 34.4. The minimum atomic E-state index is -5.44. The Labute approximate surface area is 273 Å². The topological polar surface area (TPSA) is 455 Å². The van der Waals surface area contributed by atoms with Gasteiger partial charge in [0, 0.05) is 12.8 Å². The van der Waals surface area contributed by atoms with Crippen LogP contribution in [0.25, 0.3) is 0 Å². The monoisotopic (exact) mass is 777 g/mol. The van der Waals surface area contributed by atoms with Crippen LogP contribution in [0.5, 0.6) is 0 Å². The van der Waals surface area contributed by atoms with E-state index in [1.807, 2.05) is 10.6 Å². The first kappa shape index (κ1) is 45.6. The molecule has 49 heavy (non-hydrogen) atoms. The Balaban J connectivity index is 6.29. The van der Waals surface area contributed by atoms with Gasteiger partial charge in [-0.15, -0.1) is 0 Å². The zero-order chi connectivity index (χ0) is 38.3. The van der Waals surface area contributed by atoms with Crippen molar-refractivity contribution in [3.63, 3.8) is 0 Å². The second-order valence-corrected chi connectivity index (χ2v) is 13.1. The Morgan fingerprint density at radius 1 is 0.510 bits per heavy atom. The van der Waals surface area contributed by atoms with Crippen molar-refractivity contribution < 1.29 is 106 Å². The van der Waals surface area contributed by atoms with Crippen molar-refractivity contribution in [2.45, 2.75) is 55.9 Å². The Morgan fingerprint density at radius 3 is 1.18 bits per heavy atom. The molecule has 0 aromatic carbocycles. The molecular formula is C19H34N5O22P3. The predicted octanol–water partition coefficient (Wildman–Crippen LogP) is -5.60. The molecule has 0 unspecified atom stereocenters. The van der Waals surface area contributed by atoms with E-state index in [9.17, 15) is 52.4 Å². The van der Waals surface area contributed by atoms with Gasteiger partial charge in [-0.2, -0.15) is 0 Å². The largest absolute Gasteiger partial charge is 0.481 e. The molecule has 4 amide bonds. The molecule has 15 N–H and O–H groups in total. The number of carboxylic acids is 3. The summed E-state index contributed by atoms with van der Waals surface area (Å²) in [6.45, 7) is -4.01. The van der Waals surface area contributed by atoms with Crippen molar-refractivity contribution in [3.8, 4) is 0 Å². The molecule has 0 aromatic rings. The van der Waals surface area contributed by atoms with Crippen LogP contribution in [0.15, 0.2) is 0 Å². The lowest BCUT2D eigenvalue weighted by Crippen LogP contribution is -2.60. The fraction of sp³-hybridized carbons (Fsp3) is 0.632. The van der Waals surface area contributed by atoms with Crippen LogP contribution in [0.1, 0.15) is 25.7 Å². The molecule has 0 aliphatic carbocycles. The van der Waals surface area contributed by atoms with Crippen molar-refractivity contribution >= 4 is 65.0 Å². The standard InChI is InChI=1S/C19H34N5O22P3/c20-8(5-44-47(35,36)37)15(29)23-11(6-45-48(38,39)40)18(32)24-12(7-46-49(41,42)43)17(31)21-9(1-3-13(25)26)16(30)22-10(19(33)34)2-4-14(27)28/h8-12H,1-7,20H2,(H,21,31)(H,22,30)(H,23,29)(H,24,32)(H,25,26)(H,27,28)(H,33,34)(H2,35,36,37)(H2,38,39,40)(H2,41,42,43)/t8-,9-,10-,11-,12-/m0/s1. The third kappa shape index (κ3) is 22.0. The Hall–Kier alpha value is -3.42. The molecule has 0 saturated heterocycles. The second-order valence-electron chi connectivity index (χ2n) is 9.41. The third-order valence-corrected chi connectivity index (χ3v) is 6.84. The zero-order valence-electron chi connectivity index (χ0n) is 24.6. The molecule has 0 bridgehead atoms. The molecule has 0 rings (SSSR count). The first-order chi connectivity index (χ1) is 22.2. The highest BCUT2D eigenvalue weighted by molar-refractivity contribution is 7.46. The summed E-state index contributed by atoms with van der Waals surface area (Å²) in [5.41, 5.74) is 5.40. The molecule has 0 spiro atoms. The van der Waals surface area contributed by atoms with Gasteiger partial charge in [-0.05, 0) is 12.8 Å². The van der Waals surface area contributed by atoms with Gasteiger partial charge in [0.05, 0.1) is 19.8 Å². The first-order valence-corrected chi connectivity index (χ1v) is 17.5. The fourth-order valence-electron chi connectivity index (χ4n) is 3.12. The van der Waals surface area contributed by atoms with Crippen LogP contribution in [-0.2, 0) is 60.8 Å². The molecule has 0 radical (unpaired) electrons. The van der Waals surface area contributed by atoms with Crippen LogP contribution in [0.2, 0.25) is 0 Å². The van der Waals surface area contributed by atoms with E-state index in [1.165, 1.54) is 0 Å². The number of carboxylic acid groups (broad SMARTS) is 3. The molecule has 282 valence electrons. The second kappa shape index (κ2) is 20.3. The van der Waals surface area contributed by atoms with E-state index >= 15 is 0 Å². The number of rotatable bonds is 24. The predicted molar refractivity (Wildman–Crippen MR) is 151 cm³/mol. The molecule has 0 aliphatic heterocycles. The van der Waals surface area contributed by atoms with Gasteiger partial charge in [0.1, 0.15) is 30.2 Å². The van der Waals surface area contributed by atoms with Crippen LogP contribution in [0.4, 0.5) is 0 Å². The van der Waals surface area contributed by atoms with Crippen molar-refractivity contribution in [1.29, 1.82) is 0 Å². The number of carbonyl (C=O) groups is 7. The minimum absolute atomic E-state index is 0.663. The molecule has 0 aromatic heterocycles. The first-order valence-electron chi connectivity index (χ1n) is 12.9. The van der Waals surface area contributed by atoms with Gasteiger partial charge in [-0.1, -0.05) is 0 Å². The summed E-state index contributed by atoms with van der Waals surface area (Å²) in [7, 11) is -16.0. The molecule has 27 nitrogen and oxygen atoms in total. The summed E-state index contributed by atoms with van der Waals surface area (Å²) in [6.07, 6.45) is -3.05. The molecule has 0 aliphatic rings. The average Bonchev–Trinajstić information content (AvgIpc) is 2.93. The van der Waals surface area contributed by atoms with E-state index in [0.717, 1.165) is 0 Å². The van der Waals surface area contributed by atoms with Crippen molar-refractivity contribution in [2.75, 3.05) is 19.8 Å². The SMILES string of the molecule is N[C@@H](COP(=O)(O)O)C(=O)N[C@@H](COP(=O)(O)O)C(=O)N[C@@H](COP(=O)(O)O)C(=O)N[C@@H](CCC(=O)O)C(=O)N[C@@H](CCC(=O)O)C(=O)O. The number of amides is 4. The Kier molecular flexibility index (Phi) is 18.9. The molecular weight excluding hydrogens is 743 g/mol. The van der Waals surface area contributed by atoms with Crippen molar-refractivity contribution in [3.05, 3.63) is 0 Å². The number of nitrogens with one attached hydrogen (secondary N) is 4. The molecule has 30 heteroatoms. The highest BCUT2D eigenvalue weighted by Gasteiger charge is 2.35. The number of hydrogen-bond acceptors (Lipinski definition) is 14. The number of hydrogen-bond donors (Lipinski definition) is 14. The summed E-state index contributed by atoms with van der Waals surface area (Å²) < 4.78 is 45.7. The fourth-order valence-corrected chi connectivity index (χ4v) is 4.16. The van der Waals surface area contributed by atoms with Gasteiger partial charge >= 0.3 is 41.4 Å². The maximum absolute atomic E-state index is 13.1. The number of carbonyl (C=O) groups excluding carboxylic acids is 4. The van der Waals surface area contributed by atoms with Crippen LogP contribution in [-0.4, -0.2) is 136 Å². The quantitative estimate of drug-likeness (QED) is 0.0406. The third-order valence-electron chi connectivity index (χ3n) is 5.39. The summed E-state index contributed by atoms with van der Waals surface area (Å²) in [4.78, 5) is 138. The molecule has 0 saturated carbocycles. The highest BCUT2D eigenvalue weighted by Crippen LogP contribution is 2.37. The molecule has 0 heterocycles. The molecule has 5 atom stereocenters. The van der Waals surface area contributed by atoms with E-state index < -0.39 is 141 Å². The van der Waals surface area contributed by atoms with Crippen molar-refractivity contribution in [2.24, 2.45) is 5.73 Å². The lowest BCUT2D eigenvalue weighted by molar-refractivity contribution is -0.144. The van der Waals surface area contributed by atoms with Gasteiger partial charge in [-0.25, -0.2) is 18.5 Å². The Bertz CT molecular complexity index is 1360. The van der Waals surface area contributed by atoms with E-state index in [-0.39, 0.29) is 0 Å². The maximum Gasteiger partial charge on any atom is 0.469 e. The minimum Gasteiger partial charge on any atom is -0.481 e. The van der Waals surface area contributed by atoms with E-state index in [4.69, 9.17) is 45.3 Å².